The van der Waals surface area contributed by atoms with Gasteiger partial charge in [-0.15, -0.1) is 0 Å². The molecule has 0 spiro atoms. The van der Waals surface area contributed by atoms with E-state index in [0.29, 0.717) is 28.5 Å². The molecule has 6 nitrogen and oxygen atoms in total. The molecule has 3 aromatic carbocycles. The van der Waals surface area contributed by atoms with Crippen molar-refractivity contribution in [2.45, 2.75) is 6.61 Å². The van der Waals surface area contributed by atoms with Gasteiger partial charge in [-0.2, -0.15) is 0 Å². The second kappa shape index (κ2) is 9.42. The van der Waals surface area contributed by atoms with Gasteiger partial charge in [-0.3, -0.25) is 0 Å². The van der Waals surface area contributed by atoms with Crippen molar-refractivity contribution in [3.63, 3.8) is 0 Å². The van der Waals surface area contributed by atoms with Crippen LogP contribution in [0.15, 0.2) is 71.3 Å². The minimum absolute atomic E-state index is 0.0217. The first-order valence-electron chi connectivity index (χ1n) is 9.36. The standard InChI is InChI=1S/C23H16BrClFN3O3/c24-16-4-1-2-7-20(16)32-21-11-28-23(27)29-22(21)14-9-8-13(10-19(14)30)31-12-15-17(25)5-3-6-18(15)26/h1-11,30H,12H2,(H2,27,28,29). The molecule has 1 heterocycles. The number of rotatable bonds is 6. The van der Waals surface area contributed by atoms with E-state index in [-0.39, 0.29) is 28.9 Å². The lowest BCUT2D eigenvalue weighted by molar-refractivity contribution is 0.298. The van der Waals surface area contributed by atoms with Crippen LogP contribution in [0, 0.1) is 5.82 Å². The van der Waals surface area contributed by atoms with E-state index in [4.69, 9.17) is 26.8 Å². The van der Waals surface area contributed by atoms with Gasteiger partial charge in [-0.05, 0) is 52.3 Å². The third-order valence-electron chi connectivity index (χ3n) is 4.50. The van der Waals surface area contributed by atoms with Gasteiger partial charge in [0, 0.05) is 17.2 Å². The van der Waals surface area contributed by atoms with E-state index >= 15 is 0 Å². The fraction of sp³-hybridized carbons (Fsp3) is 0.0435. The molecule has 0 atom stereocenters. The largest absolute Gasteiger partial charge is 0.507 e. The van der Waals surface area contributed by atoms with Gasteiger partial charge in [-0.1, -0.05) is 29.8 Å². The molecule has 1 aromatic heterocycles. The van der Waals surface area contributed by atoms with Crippen molar-refractivity contribution in [1.29, 1.82) is 0 Å². The number of benzene rings is 3. The molecular formula is C23H16BrClFN3O3. The quantitative estimate of drug-likeness (QED) is 0.310. The minimum Gasteiger partial charge on any atom is -0.507 e. The maximum Gasteiger partial charge on any atom is 0.220 e. The molecule has 4 rings (SSSR count). The number of nitrogen functional groups attached to an aromatic ring is 1. The third kappa shape index (κ3) is 4.76. The van der Waals surface area contributed by atoms with Crippen molar-refractivity contribution in [1.82, 2.24) is 9.97 Å². The van der Waals surface area contributed by atoms with Crippen molar-refractivity contribution >= 4 is 33.5 Å². The summed E-state index contributed by atoms with van der Waals surface area (Å²) in [5, 5.41) is 10.9. The van der Waals surface area contributed by atoms with E-state index in [2.05, 4.69) is 25.9 Å². The molecule has 0 aliphatic rings. The lowest BCUT2D eigenvalue weighted by Crippen LogP contribution is -2.01. The predicted molar refractivity (Wildman–Crippen MR) is 124 cm³/mol. The zero-order valence-electron chi connectivity index (χ0n) is 16.4. The Morgan fingerprint density at radius 3 is 2.62 bits per heavy atom. The molecule has 4 aromatic rings. The number of aromatic hydroxyl groups is 1. The van der Waals surface area contributed by atoms with Crippen molar-refractivity contribution in [3.8, 4) is 34.3 Å². The highest BCUT2D eigenvalue weighted by molar-refractivity contribution is 9.10. The zero-order chi connectivity index (χ0) is 22.7. The molecule has 0 aliphatic carbocycles. The predicted octanol–water partition coefficient (Wildman–Crippen LogP) is 6.36. The molecule has 0 unspecified atom stereocenters. The van der Waals surface area contributed by atoms with Gasteiger partial charge < -0.3 is 20.3 Å². The van der Waals surface area contributed by atoms with Gasteiger partial charge in [0.1, 0.15) is 35.4 Å². The monoisotopic (exact) mass is 515 g/mol. The second-order valence-electron chi connectivity index (χ2n) is 6.64. The van der Waals surface area contributed by atoms with Crippen molar-refractivity contribution < 1.29 is 19.0 Å². The fourth-order valence-corrected chi connectivity index (χ4v) is 3.51. The summed E-state index contributed by atoms with van der Waals surface area (Å²) in [5.74, 6) is 0.590. The van der Waals surface area contributed by atoms with E-state index in [9.17, 15) is 9.50 Å². The van der Waals surface area contributed by atoms with Gasteiger partial charge >= 0.3 is 0 Å². The maximum atomic E-state index is 14.0. The van der Waals surface area contributed by atoms with Crippen LogP contribution in [0.3, 0.4) is 0 Å². The molecule has 0 saturated carbocycles. The molecule has 32 heavy (non-hydrogen) atoms. The molecule has 9 heteroatoms. The first-order chi connectivity index (χ1) is 15.4. The molecular weight excluding hydrogens is 501 g/mol. The second-order valence-corrected chi connectivity index (χ2v) is 7.90. The average molecular weight is 517 g/mol. The number of nitrogens with zero attached hydrogens (tertiary/aromatic N) is 2. The van der Waals surface area contributed by atoms with Crippen LogP contribution in [0.1, 0.15) is 5.56 Å². The van der Waals surface area contributed by atoms with E-state index in [1.807, 2.05) is 18.2 Å². The van der Waals surface area contributed by atoms with Crippen molar-refractivity contribution in [2.75, 3.05) is 5.73 Å². The number of nitrogens with two attached hydrogens (primary N) is 1. The van der Waals surface area contributed by atoms with E-state index < -0.39 is 5.82 Å². The van der Waals surface area contributed by atoms with Crippen LogP contribution in [0.2, 0.25) is 5.02 Å². The molecule has 0 radical (unpaired) electrons. The summed E-state index contributed by atoms with van der Waals surface area (Å²) in [6, 6.07) is 16.3. The Morgan fingerprint density at radius 2 is 1.88 bits per heavy atom. The summed E-state index contributed by atoms with van der Waals surface area (Å²) in [6.07, 6.45) is 1.43. The summed E-state index contributed by atoms with van der Waals surface area (Å²) in [5.41, 5.74) is 6.65. The number of anilines is 1. The lowest BCUT2D eigenvalue weighted by Gasteiger charge is -2.14. The van der Waals surface area contributed by atoms with Gasteiger partial charge in [0.05, 0.1) is 15.7 Å². The first-order valence-corrected chi connectivity index (χ1v) is 10.5. The van der Waals surface area contributed by atoms with Crippen molar-refractivity contribution in [3.05, 3.63) is 87.7 Å². The fourth-order valence-electron chi connectivity index (χ4n) is 2.93. The lowest BCUT2D eigenvalue weighted by atomic mass is 10.1. The van der Waals surface area contributed by atoms with Crippen LogP contribution < -0.4 is 15.2 Å². The molecule has 0 aliphatic heterocycles. The summed E-state index contributed by atoms with van der Waals surface area (Å²) >= 11 is 9.46. The Balaban J connectivity index is 1.62. The van der Waals surface area contributed by atoms with Gasteiger partial charge in [-0.25, -0.2) is 14.4 Å². The highest BCUT2D eigenvalue weighted by Gasteiger charge is 2.17. The Hall–Kier alpha value is -3.36. The number of ether oxygens (including phenoxy) is 2. The smallest absolute Gasteiger partial charge is 0.220 e. The van der Waals surface area contributed by atoms with Gasteiger partial charge in [0.15, 0.2) is 5.75 Å². The first kappa shape index (κ1) is 21.9. The minimum atomic E-state index is -0.469. The zero-order valence-corrected chi connectivity index (χ0v) is 18.8. The van der Waals surface area contributed by atoms with Crippen LogP contribution in [-0.2, 0) is 6.61 Å². The Labute approximate surface area is 196 Å². The number of phenols is 1. The van der Waals surface area contributed by atoms with Crippen LogP contribution in [0.5, 0.6) is 23.0 Å². The van der Waals surface area contributed by atoms with Crippen LogP contribution >= 0.6 is 27.5 Å². The van der Waals surface area contributed by atoms with Gasteiger partial charge in [0.2, 0.25) is 5.95 Å². The Kier molecular flexibility index (Phi) is 6.43. The van der Waals surface area contributed by atoms with Crippen LogP contribution in [0.4, 0.5) is 10.3 Å². The number of hydrogen-bond donors (Lipinski definition) is 2. The van der Waals surface area contributed by atoms with E-state index in [0.717, 1.165) is 4.47 Å². The topological polar surface area (TPSA) is 90.5 Å². The number of aromatic nitrogens is 2. The maximum absolute atomic E-state index is 14.0. The molecule has 0 bridgehead atoms. The normalized spacial score (nSPS) is 10.7. The molecule has 3 N–H and O–H groups in total. The number of halogens is 3. The number of phenolic OH excluding ortho intramolecular Hbond substituents is 1. The van der Waals surface area contributed by atoms with Gasteiger partial charge in [0.25, 0.3) is 0 Å². The summed E-state index contributed by atoms with van der Waals surface area (Å²) in [4.78, 5) is 8.22. The Bertz CT molecular complexity index is 1270. The number of hydrogen-bond acceptors (Lipinski definition) is 6. The molecule has 0 fully saturated rings. The van der Waals surface area contributed by atoms with E-state index in [1.54, 1.807) is 24.3 Å². The molecule has 162 valence electrons. The summed E-state index contributed by atoms with van der Waals surface area (Å²) < 4.78 is 26.2. The van der Waals surface area contributed by atoms with E-state index in [1.165, 1.54) is 24.4 Å². The SMILES string of the molecule is Nc1ncc(Oc2ccccc2Br)c(-c2ccc(OCc3c(F)cccc3Cl)cc2O)n1. The van der Waals surface area contributed by atoms with Crippen LogP contribution in [-0.4, -0.2) is 15.1 Å². The molecule has 0 saturated heterocycles. The molecule has 0 amide bonds. The average Bonchev–Trinajstić information content (AvgIpc) is 2.76. The summed E-state index contributed by atoms with van der Waals surface area (Å²) in [7, 11) is 0. The number of para-hydroxylation sites is 1. The Morgan fingerprint density at radius 1 is 1.06 bits per heavy atom. The van der Waals surface area contributed by atoms with Crippen molar-refractivity contribution in [2.24, 2.45) is 0 Å². The summed E-state index contributed by atoms with van der Waals surface area (Å²) in [6.45, 7) is -0.0961. The highest BCUT2D eigenvalue weighted by atomic mass is 79.9. The highest BCUT2D eigenvalue weighted by Crippen LogP contribution is 2.39. The third-order valence-corrected chi connectivity index (χ3v) is 5.51. The van der Waals surface area contributed by atoms with Crippen LogP contribution in [0.25, 0.3) is 11.3 Å².